The van der Waals surface area contributed by atoms with Crippen LogP contribution in [0, 0.1) is 18.8 Å². The van der Waals surface area contributed by atoms with Crippen LogP contribution >= 0.6 is 0 Å². The number of hydrogen-bond acceptors (Lipinski definition) is 8. The van der Waals surface area contributed by atoms with Gasteiger partial charge in [0.25, 0.3) is 11.1 Å². The molecule has 0 aliphatic carbocycles. The van der Waals surface area contributed by atoms with Crippen molar-refractivity contribution >= 4 is 34.0 Å². The molecule has 4 heterocycles. The number of ether oxygens (including phenoxy) is 1. The number of nitrogens with zero attached hydrogens (tertiary/aromatic N) is 7. The van der Waals surface area contributed by atoms with Crippen LogP contribution in [0.25, 0.3) is 21.9 Å². The van der Waals surface area contributed by atoms with Gasteiger partial charge in [0, 0.05) is 37.3 Å². The van der Waals surface area contributed by atoms with E-state index in [1.807, 2.05) is 56.9 Å². The molecule has 1 aliphatic heterocycles. The van der Waals surface area contributed by atoms with Gasteiger partial charge in [0.15, 0.2) is 11.3 Å². The zero-order valence-corrected chi connectivity index (χ0v) is 24.9. The molecule has 0 spiro atoms. The maximum atomic E-state index is 14.0. The highest BCUT2D eigenvalue weighted by Gasteiger charge is 2.29. The first-order chi connectivity index (χ1) is 20.0. The number of rotatable bonds is 5. The molecule has 4 aromatic rings. The number of benzene rings is 1. The SMILES string of the molecule is CC#CCn1c(N2CCCC(NC(=O)OC(C)(C)C)C2)nc2c(=O)n(C)n(Cc3nc(C)c4ccccc4n3)c(=O)c21. The third kappa shape index (κ3) is 5.72. The molecule has 0 radical (unpaired) electrons. The summed E-state index contributed by atoms with van der Waals surface area (Å²) in [5, 5.41) is 3.87. The number of piperidine rings is 1. The fraction of sp³-hybridized carbons (Fsp3) is 0.467. The van der Waals surface area contributed by atoms with E-state index in [4.69, 9.17) is 4.74 Å². The van der Waals surface area contributed by atoms with Crippen LogP contribution in [-0.4, -0.2) is 59.7 Å². The number of aryl methyl sites for hydroxylation is 1. The molecule has 1 amide bonds. The lowest BCUT2D eigenvalue weighted by atomic mass is 10.1. The molecule has 1 atom stereocenters. The molecular formula is C30H36N8O4. The van der Waals surface area contributed by atoms with Crippen molar-refractivity contribution in [2.45, 2.75) is 72.2 Å². The van der Waals surface area contributed by atoms with Crippen molar-refractivity contribution < 1.29 is 9.53 Å². The molecule has 5 rings (SSSR count). The summed E-state index contributed by atoms with van der Waals surface area (Å²) in [5.74, 6) is 6.79. The summed E-state index contributed by atoms with van der Waals surface area (Å²) < 4.78 is 9.76. The van der Waals surface area contributed by atoms with Gasteiger partial charge in [-0.05, 0) is 53.5 Å². The van der Waals surface area contributed by atoms with E-state index >= 15 is 0 Å². The summed E-state index contributed by atoms with van der Waals surface area (Å²) in [6.45, 7) is 10.3. The molecule has 0 bridgehead atoms. The third-order valence-electron chi connectivity index (χ3n) is 7.21. The van der Waals surface area contributed by atoms with Crippen LogP contribution in [0.5, 0.6) is 0 Å². The number of carbonyl (C=O) groups is 1. The van der Waals surface area contributed by atoms with Gasteiger partial charge < -0.3 is 15.0 Å². The van der Waals surface area contributed by atoms with Crippen LogP contribution in [0.2, 0.25) is 0 Å². The second kappa shape index (κ2) is 11.3. The van der Waals surface area contributed by atoms with Crippen LogP contribution in [-0.2, 0) is 24.9 Å². The van der Waals surface area contributed by atoms with Crippen molar-refractivity contribution in [3.8, 4) is 11.8 Å². The molecule has 1 unspecified atom stereocenters. The van der Waals surface area contributed by atoms with Gasteiger partial charge in [-0.2, -0.15) is 0 Å². The first kappa shape index (κ1) is 28.9. The number of imidazole rings is 1. The minimum Gasteiger partial charge on any atom is -0.444 e. The van der Waals surface area contributed by atoms with Crippen molar-refractivity contribution in [2.75, 3.05) is 18.0 Å². The molecule has 1 saturated heterocycles. The predicted molar refractivity (Wildman–Crippen MR) is 161 cm³/mol. The van der Waals surface area contributed by atoms with E-state index in [0.717, 1.165) is 29.4 Å². The molecule has 1 aliphatic rings. The van der Waals surface area contributed by atoms with Gasteiger partial charge in [-0.1, -0.05) is 24.1 Å². The minimum absolute atomic E-state index is 0.0117. The van der Waals surface area contributed by atoms with E-state index in [1.54, 1.807) is 18.5 Å². The third-order valence-corrected chi connectivity index (χ3v) is 7.21. The molecule has 0 saturated carbocycles. The summed E-state index contributed by atoms with van der Waals surface area (Å²) >= 11 is 0. The van der Waals surface area contributed by atoms with Gasteiger partial charge in [-0.15, -0.1) is 5.92 Å². The highest BCUT2D eigenvalue weighted by atomic mass is 16.6. The van der Waals surface area contributed by atoms with Gasteiger partial charge in [-0.3, -0.25) is 14.2 Å². The predicted octanol–water partition coefficient (Wildman–Crippen LogP) is 2.71. The summed E-state index contributed by atoms with van der Waals surface area (Å²) in [4.78, 5) is 56.0. The monoisotopic (exact) mass is 572 g/mol. The molecule has 12 nitrogen and oxygen atoms in total. The zero-order valence-electron chi connectivity index (χ0n) is 24.9. The number of para-hydroxylation sites is 1. The standard InChI is InChI=1S/C30H36N8O4/c1-7-8-16-37-25-24(34-28(37)36-15-11-12-20(17-36)32-29(41)42-30(3,4)5)26(39)35(6)38(27(25)40)18-23-31-19(2)21-13-9-10-14-22(21)33-23/h9-10,13-14,20H,11-12,15-18H2,1-6H3,(H,32,41). The van der Waals surface area contributed by atoms with Crippen LogP contribution in [0.1, 0.15) is 52.1 Å². The molecule has 1 fully saturated rings. The lowest BCUT2D eigenvalue weighted by Gasteiger charge is -2.34. The number of amides is 1. The Bertz CT molecular complexity index is 1850. The Kier molecular flexibility index (Phi) is 7.77. The molecule has 1 aromatic carbocycles. The lowest BCUT2D eigenvalue weighted by molar-refractivity contribution is 0.0499. The summed E-state index contributed by atoms with van der Waals surface area (Å²) in [7, 11) is 1.54. The maximum Gasteiger partial charge on any atom is 0.407 e. The lowest BCUT2D eigenvalue weighted by Crippen LogP contribution is -2.49. The smallest absolute Gasteiger partial charge is 0.407 e. The molecule has 42 heavy (non-hydrogen) atoms. The van der Waals surface area contributed by atoms with Crippen molar-refractivity contribution in [1.29, 1.82) is 0 Å². The summed E-state index contributed by atoms with van der Waals surface area (Å²) in [5.41, 5.74) is 0.400. The average molecular weight is 573 g/mol. The van der Waals surface area contributed by atoms with Crippen LogP contribution < -0.4 is 21.3 Å². The number of nitrogens with one attached hydrogen (secondary N) is 1. The Morgan fingerprint density at radius 1 is 1.14 bits per heavy atom. The highest BCUT2D eigenvalue weighted by Crippen LogP contribution is 2.23. The topological polar surface area (TPSA) is 129 Å². The number of alkyl carbamates (subject to hydrolysis) is 1. The number of aromatic nitrogens is 6. The zero-order chi connectivity index (χ0) is 30.2. The Morgan fingerprint density at radius 2 is 1.90 bits per heavy atom. The molecule has 220 valence electrons. The molecule has 1 N–H and O–H groups in total. The summed E-state index contributed by atoms with van der Waals surface area (Å²) in [6, 6.07) is 7.48. The van der Waals surface area contributed by atoms with Crippen LogP contribution in [0.4, 0.5) is 10.7 Å². The Hall–Kier alpha value is -4.66. The van der Waals surface area contributed by atoms with Gasteiger partial charge >= 0.3 is 6.09 Å². The van der Waals surface area contributed by atoms with Crippen molar-refractivity contribution in [1.82, 2.24) is 34.2 Å². The van der Waals surface area contributed by atoms with Crippen molar-refractivity contribution in [3.05, 3.63) is 56.5 Å². The van der Waals surface area contributed by atoms with Crippen molar-refractivity contribution in [2.24, 2.45) is 7.05 Å². The van der Waals surface area contributed by atoms with Gasteiger partial charge in [0.2, 0.25) is 5.95 Å². The van der Waals surface area contributed by atoms with E-state index in [9.17, 15) is 14.4 Å². The molecular weight excluding hydrogens is 536 g/mol. The fourth-order valence-corrected chi connectivity index (χ4v) is 5.31. The number of carbonyl (C=O) groups excluding carboxylic acids is 1. The molecule has 3 aromatic heterocycles. The Labute approximate surface area is 243 Å². The second-order valence-electron chi connectivity index (χ2n) is 11.5. The van der Waals surface area contributed by atoms with E-state index < -0.39 is 22.8 Å². The second-order valence-corrected chi connectivity index (χ2v) is 11.5. The van der Waals surface area contributed by atoms with Gasteiger partial charge in [-0.25, -0.2) is 29.1 Å². The number of hydrogen-bond donors (Lipinski definition) is 1. The fourth-order valence-electron chi connectivity index (χ4n) is 5.31. The van der Waals surface area contributed by atoms with Gasteiger partial charge in [0.05, 0.1) is 12.1 Å². The largest absolute Gasteiger partial charge is 0.444 e. The van der Waals surface area contributed by atoms with E-state index in [0.29, 0.717) is 24.9 Å². The summed E-state index contributed by atoms with van der Waals surface area (Å²) in [6.07, 6.45) is 1.07. The Morgan fingerprint density at radius 3 is 2.64 bits per heavy atom. The minimum atomic E-state index is -0.609. The van der Waals surface area contributed by atoms with Gasteiger partial charge in [0.1, 0.15) is 17.7 Å². The quantitative estimate of drug-likeness (QED) is 0.362. The maximum absolute atomic E-state index is 14.0. The average Bonchev–Trinajstić information content (AvgIpc) is 3.32. The van der Waals surface area contributed by atoms with Crippen LogP contribution in [0.15, 0.2) is 33.9 Å². The van der Waals surface area contributed by atoms with E-state index in [1.165, 1.54) is 9.36 Å². The molecule has 12 heteroatoms. The first-order valence-electron chi connectivity index (χ1n) is 14.0. The van der Waals surface area contributed by atoms with E-state index in [-0.39, 0.29) is 30.2 Å². The normalized spacial score (nSPS) is 15.5. The van der Waals surface area contributed by atoms with Crippen LogP contribution in [0.3, 0.4) is 0 Å². The van der Waals surface area contributed by atoms with Crippen molar-refractivity contribution in [3.63, 3.8) is 0 Å². The number of fused-ring (bicyclic) bond motifs is 2. The van der Waals surface area contributed by atoms with E-state index in [2.05, 4.69) is 32.1 Å². The number of anilines is 1. The first-order valence-corrected chi connectivity index (χ1v) is 14.0. The Balaban J connectivity index is 1.55. The highest BCUT2D eigenvalue weighted by molar-refractivity contribution is 5.80.